The van der Waals surface area contributed by atoms with Crippen molar-refractivity contribution in [1.82, 2.24) is 4.98 Å². The average Bonchev–Trinajstić information content (AvgIpc) is 3.42. The van der Waals surface area contributed by atoms with Crippen LogP contribution in [0.25, 0.3) is 0 Å². The Morgan fingerprint density at radius 1 is 0.526 bits per heavy atom. The number of aromatic nitrogens is 2. The van der Waals surface area contributed by atoms with Gasteiger partial charge in [0.15, 0.2) is 0 Å². The molecule has 2 atom stereocenters. The van der Waals surface area contributed by atoms with E-state index in [-0.39, 0.29) is 0 Å². The highest BCUT2D eigenvalue weighted by molar-refractivity contribution is 4.90. The molecule has 2 nitrogen and oxygen atoms in total. The van der Waals surface area contributed by atoms with E-state index in [1.54, 1.807) is 0 Å². The molecular formula is C36H71N2+. The Hall–Kier alpha value is -0.790. The number of hydrogen-bond acceptors (Lipinski definition) is 0. The van der Waals surface area contributed by atoms with Crippen molar-refractivity contribution >= 4 is 0 Å². The predicted octanol–water partition coefficient (Wildman–Crippen LogP) is 12.5. The van der Waals surface area contributed by atoms with E-state index in [1.165, 1.54) is 179 Å². The van der Waals surface area contributed by atoms with Crippen molar-refractivity contribution in [2.45, 2.75) is 213 Å². The van der Waals surface area contributed by atoms with Crippen LogP contribution >= 0.6 is 0 Å². The number of H-pyrrole nitrogens is 1. The van der Waals surface area contributed by atoms with Gasteiger partial charge in [0.05, 0.1) is 12.0 Å². The molecule has 0 aliphatic rings. The normalized spacial score (nSPS) is 13.3. The van der Waals surface area contributed by atoms with Crippen LogP contribution in [0.4, 0.5) is 0 Å². The minimum Gasteiger partial charge on any atom is -0.247 e. The van der Waals surface area contributed by atoms with Crippen LogP contribution in [0, 0.1) is 0 Å². The second kappa shape index (κ2) is 26.4. The molecule has 1 rings (SSSR count). The standard InChI is InChI=1S/C36H70N2/c1-5-8-10-12-14-16-18-19-21-23-25-27-29-31-35(36-37-32-33-38(36)34(4)7-3)30-28-26-24-22-20-17-15-13-11-9-6-2/h32-35H,5-31H2,1-4H3/p+1. The molecule has 1 N–H and O–H groups in total. The molecule has 2 unspecified atom stereocenters. The largest absolute Gasteiger partial charge is 0.257 e. The molecule has 0 spiro atoms. The average molecular weight is 532 g/mol. The van der Waals surface area contributed by atoms with Crippen LogP contribution in [-0.4, -0.2) is 4.98 Å². The quantitative estimate of drug-likeness (QED) is 0.0783. The molecule has 0 amide bonds. The van der Waals surface area contributed by atoms with Crippen LogP contribution in [0.1, 0.15) is 219 Å². The summed E-state index contributed by atoms with van der Waals surface area (Å²) in [6.07, 6.45) is 43.0. The number of imidazole rings is 1. The van der Waals surface area contributed by atoms with Crippen molar-refractivity contribution in [2.75, 3.05) is 0 Å². The zero-order chi connectivity index (χ0) is 27.5. The monoisotopic (exact) mass is 532 g/mol. The topological polar surface area (TPSA) is 19.7 Å². The SMILES string of the molecule is CCCCCCCCCCCCCCCC(CCCCCCCCCCCCC)c1[nH]cc[n+]1C(C)CC. The maximum Gasteiger partial charge on any atom is 0.257 e. The fourth-order valence-corrected chi connectivity index (χ4v) is 6.15. The van der Waals surface area contributed by atoms with Gasteiger partial charge in [-0.05, 0) is 26.2 Å². The third kappa shape index (κ3) is 18.5. The number of hydrogen-bond donors (Lipinski definition) is 1. The molecule has 0 radical (unpaired) electrons. The van der Waals surface area contributed by atoms with E-state index in [0.717, 1.165) is 0 Å². The Labute approximate surface area is 240 Å². The summed E-state index contributed by atoms with van der Waals surface area (Å²) in [5, 5.41) is 0. The third-order valence-electron chi connectivity index (χ3n) is 9.01. The predicted molar refractivity (Wildman–Crippen MR) is 170 cm³/mol. The molecule has 2 heteroatoms. The van der Waals surface area contributed by atoms with Crippen LogP contribution in [0.15, 0.2) is 12.4 Å². The molecule has 1 heterocycles. The zero-order valence-corrected chi connectivity index (χ0v) is 26.8. The fraction of sp³-hybridized carbons (Fsp3) is 0.917. The maximum absolute atomic E-state index is 3.67. The Bertz CT molecular complexity index is 592. The highest BCUT2D eigenvalue weighted by Crippen LogP contribution is 2.27. The van der Waals surface area contributed by atoms with Gasteiger partial charge in [-0.15, -0.1) is 0 Å². The zero-order valence-electron chi connectivity index (χ0n) is 26.8. The molecule has 224 valence electrons. The summed E-state index contributed by atoms with van der Waals surface area (Å²) in [7, 11) is 0. The van der Waals surface area contributed by atoms with Crippen LogP contribution in [0.5, 0.6) is 0 Å². The first kappa shape index (κ1) is 35.2. The van der Waals surface area contributed by atoms with Gasteiger partial charge in [-0.25, -0.2) is 9.55 Å². The minimum atomic E-state index is 0.600. The number of aromatic amines is 1. The van der Waals surface area contributed by atoms with Crippen LogP contribution in [-0.2, 0) is 0 Å². The summed E-state index contributed by atoms with van der Waals surface area (Å²) in [5.74, 6) is 2.22. The van der Waals surface area contributed by atoms with E-state index in [2.05, 4.69) is 49.6 Å². The lowest BCUT2D eigenvalue weighted by Crippen LogP contribution is -2.40. The van der Waals surface area contributed by atoms with Gasteiger partial charge in [-0.1, -0.05) is 175 Å². The Kier molecular flexibility index (Phi) is 24.5. The molecule has 0 aliphatic heterocycles. The molecule has 1 aromatic heterocycles. The van der Waals surface area contributed by atoms with Crippen molar-refractivity contribution in [3.63, 3.8) is 0 Å². The summed E-state index contributed by atoms with van der Waals surface area (Å²) in [6.45, 7) is 9.31. The van der Waals surface area contributed by atoms with E-state index in [0.29, 0.717) is 12.0 Å². The summed E-state index contributed by atoms with van der Waals surface area (Å²) in [4.78, 5) is 3.67. The summed E-state index contributed by atoms with van der Waals surface area (Å²) in [5.41, 5.74) is 0. The van der Waals surface area contributed by atoms with Crippen LogP contribution < -0.4 is 4.57 Å². The maximum atomic E-state index is 3.67. The Morgan fingerprint density at radius 3 is 1.21 bits per heavy atom. The van der Waals surface area contributed by atoms with Gasteiger partial charge in [-0.2, -0.15) is 0 Å². The lowest BCUT2D eigenvalue weighted by molar-refractivity contribution is -0.726. The Balaban J connectivity index is 2.23. The van der Waals surface area contributed by atoms with Gasteiger partial charge in [0.2, 0.25) is 0 Å². The van der Waals surface area contributed by atoms with Gasteiger partial charge in [0.25, 0.3) is 5.82 Å². The summed E-state index contributed by atoms with van der Waals surface area (Å²) in [6, 6.07) is 0.600. The molecule has 0 fully saturated rings. The number of nitrogens with one attached hydrogen (secondary N) is 1. The van der Waals surface area contributed by atoms with Crippen molar-refractivity contribution in [3.05, 3.63) is 18.2 Å². The lowest BCUT2D eigenvalue weighted by atomic mass is 9.93. The fourth-order valence-electron chi connectivity index (χ4n) is 6.15. The Morgan fingerprint density at radius 2 is 0.868 bits per heavy atom. The molecule has 0 bridgehead atoms. The molecule has 0 aromatic carbocycles. The summed E-state index contributed by atoms with van der Waals surface area (Å²) < 4.78 is 2.55. The molecule has 38 heavy (non-hydrogen) atoms. The molecule has 0 saturated carbocycles. The van der Waals surface area contributed by atoms with Gasteiger partial charge >= 0.3 is 0 Å². The van der Waals surface area contributed by atoms with Crippen LogP contribution in [0.2, 0.25) is 0 Å². The van der Waals surface area contributed by atoms with E-state index in [4.69, 9.17) is 0 Å². The van der Waals surface area contributed by atoms with E-state index in [9.17, 15) is 0 Å². The first-order valence-electron chi connectivity index (χ1n) is 17.8. The second-order valence-electron chi connectivity index (χ2n) is 12.6. The number of rotatable bonds is 29. The number of unbranched alkanes of at least 4 members (excludes halogenated alkanes) is 22. The number of nitrogens with zero attached hydrogens (tertiary/aromatic N) is 1. The van der Waals surface area contributed by atoms with Crippen molar-refractivity contribution in [2.24, 2.45) is 0 Å². The second-order valence-corrected chi connectivity index (χ2v) is 12.6. The lowest BCUT2D eigenvalue weighted by Gasteiger charge is -2.16. The first-order chi connectivity index (χ1) is 18.7. The highest BCUT2D eigenvalue weighted by atomic mass is 15.1. The highest BCUT2D eigenvalue weighted by Gasteiger charge is 2.24. The molecule has 1 aromatic rings. The van der Waals surface area contributed by atoms with Gasteiger partial charge in [0.1, 0.15) is 12.4 Å². The van der Waals surface area contributed by atoms with Crippen molar-refractivity contribution in [1.29, 1.82) is 0 Å². The third-order valence-corrected chi connectivity index (χ3v) is 9.01. The van der Waals surface area contributed by atoms with Gasteiger partial charge in [0, 0.05) is 0 Å². The van der Waals surface area contributed by atoms with E-state index in [1.807, 2.05) is 0 Å². The first-order valence-corrected chi connectivity index (χ1v) is 17.8. The minimum absolute atomic E-state index is 0.600. The van der Waals surface area contributed by atoms with Gasteiger partial charge < -0.3 is 0 Å². The molecule has 0 saturated heterocycles. The molecular weight excluding hydrogens is 460 g/mol. The van der Waals surface area contributed by atoms with Crippen molar-refractivity contribution in [3.8, 4) is 0 Å². The van der Waals surface area contributed by atoms with E-state index < -0.39 is 0 Å². The van der Waals surface area contributed by atoms with Crippen molar-refractivity contribution < 1.29 is 4.57 Å². The van der Waals surface area contributed by atoms with E-state index >= 15 is 0 Å². The summed E-state index contributed by atoms with van der Waals surface area (Å²) >= 11 is 0. The smallest absolute Gasteiger partial charge is 0.247 e. The van der Waals surface area contributed by atoms with Crippen LogP contribution in [0.3, 0.4) is 0 Å². The van der Waals surface area contributed by atoms with Gasteiger partial charge in [-0.3, -0.25) is 0 Å². The molecule has 0 aliphatic carbocycles.